The normalized spacial score (nSPS) is 10.1. The minimum atomic E-state index is -0.399. The number of rotatable bonds is 3. The second-order valence-corrected chi connectivity index (χ2v) is 4.55. The van der Waals surface area contributed by atoms with E-state index in [0.717, 1.165) is 0 Å². The van der Waals surface area contributed by atoms with Gasteiger partial charge in [-0.1, -0.05) is 15.9 Å². The van der Waals surface area contributed by atoms with E-state index in [9.17, 15) is 9.18 Å². The van der Waals surface area contributed by atoms with Crippen molar-refractivity contribution in [3.05, 3.63) is 32.5 Å². The van der Waals surface area contributed by atoms with E-state index < -0.39 is 5.82 Å². The second kappa shape index (κ2) is 5.61. The largest absolute Gasteiger partial charge is 0.466 e. The molecule has 1 aromatic carbocycles. The van der Waals surface area contributed by atoms with Gasteiger partial charge in [0.1, 0.15) is 5.82 Å². The van der Waals surface area contributed by atoms with Crippen molar-refractivity contribution >= 4 is 37.8 Å². The predicted octanol–water partition coefficient (Wildman–Crippen LogP) is 3.46. The summed E-state index contributed by atoms with van der Waals surface area (Å²) in [4.78, 5) is 11.2. The van der Waals surface area contributed by atoms with E-state index in [2.05, 4.69) is 31.9 Å². The number of carbonyl (C=O) groups is 1. The zero-order valence-electron chi connectivity index (χ0n) is 8.02. The van der Waals surface area contributed by atoms with Crippen molar-refractivity contribution < 1.29 is 13.9 Å². The van der Waals surface area contributed by atoms with Gasteiger partial charge in [0.05, 0.1) is 17.5 Å². The first kappa shape index (κ1) is 12.6. The van der Waals surface area contributed by atoms with Crippen molar-refractivity contribution in [2.24, 2.45) is 0 Å². The molecule has 0 radical (unpaired) electrons. The molecule has 82 valence electrons. The third-order valence-corrected chi connectivity index (χ3v) is 3.05. The van der Waals surface area contributed by atoms with Gasteiger partial charge in [0, 0.05) is 4.47 Å². The Hall–Kier alpha value is -0.420. The topological polar surface area (TPSA) is 26.3 Å². The van der Waals surface area contributed by atoms with Gasteiger partial charge in [-0.25, -0.2) is 4.39 Å². The fourth-order valence-corrected chi connectivity index (χ4v) is 1.95. The molecule has 0 N–H and O–H groups in total. The summed E-state index contributed by atoms with van der Waals surface area (Å²) < 4.78 is 18.9. The summed E-state index contributed by atoms with van der Waals surface area (Å²) in [6.45, 7) is 2.06. The molecule has 0 bridgehead atoms. The van der Waals surface area contributed by atoms with Gasteiger partial charge in [-0.3, -0.25) is 4.79 Å². The molecule has 0 atom stereocenters. The van der Waals surface area contributed by atoms with Crippen LogP contribution in [0.3, 0.4) is 0 Å². The molecular formula is C10H9Br2FO2. The van der Waals surface area contributed by atoms with Crippen LogP contribution in [0.1, 0.15) is 12.5 Å². The zero-order chi connectivity index (χ0) is 11.4. The number of esters is 1. The van der Waals surface area contributed by atoms with Crippen LogP contribution in [-0.4, -0.2) is 12.6 Å². The molecular weight excluding hydrogens is 331 g/mol. The van der Waals surface area contributed by atoms with Crippen LogP contribution < -0.4 is 0 Å². The minimum absolute atomic E-state index is 0.0603. The summed E-state index contributed by atoms with van der Waals surface area (Å²) in [5.41, 5.74) is 0.570. The molecule has 0 amide bonds. The molecule has 5 heteroatoms. The molecule has 0 spiro atoms. The Morgan fingerprint density at radius 1 is 1.47 bits per heavy atom. The molecule has 1 rings (SSSR count). The maximum atomic E-state index is 13.2. The van der Waals surface area contributed by atoms with Crippen LogP contribution in [0.25, 0.3) is 0 Å². The quantitative estimate of drug-likeness (QED) is 0.622. The highest BCUT2D eigenvalue weighted by Crippen LogP contribution is 2.25. The van der Waals surface area contributed by atoms with Crippen molar-refractivity contribution in [2.75, 3.05) is 6.61 Å². The lowest BCUT2D eigenvalue weighted by Gasteiger charge is -2.06. The molecule has 0 heterocycles. The lowest BCUT2D eigenvalue weighted by molar-refractivity contribution is -0.142. The Labute approximate surface area is 104 Å². The smallest absolute Gasteiger partial charge is 0.310 e. The third-order valence-electron chi connectivity index (χ3n) is 1.71. The van der Waals surface area contributed by atoms with Gasteiger partial charge in [-0.05, 0) is 40.5 Å². The average Bonchev–Trinajstić information content (AvgIpc) is 2.13. The molecule has 0 aromatic heterocycles. The molecule has 0 aliphatic rings. The summed E-state index contributed by atoms with van der Waals surface area (Å²) >= 11 is 6.25. The van der Waals surface area contributed by atoms with E-state index in [1.165, 1.54) is 6.07 Å². The van der Waals surface area contributed by atoms with Crippen LogP contribution in [-0.2, 0) is 16.0 Å². The molecule has 0 saturated heterocycles. The molecule has 1 aromatic rings. The summed E-state index contributed by atoms with van der Waals surface area (Å²) in [7, 11) is 0. The second-order valence-electron chi connectivity index (χ2n) is 2.84. The first-order valence-corrected chi connectivity index (χ1v) is 5.92. The standard InChI is InChI=1S/C10H9Br2FO2/c1-2-15-9(14)4-6-3-7(11)5-8(13)10(6)12/h3,5H,2,4H2,1H3. The Bertz CT molecular complexity index is 380. The summed E-state index contributed by atoms with van der Waals surface area (Å²) in [6.07, 6.45) is 0.0603. The summed E-state index contributed by atoms with van der Waals surface area (Å²) in [6, 6.07) is 3.02. The third kappa shape index (κ3) is 3.57. The van der Waals surface area contributed by atoms with E-state index >= 15 is 0 Å². The van der Waals surface area contributed by atoms with E-state index in [-0.39, 0.29) is 12.4 Å². The molecule has 0 aliphatic carbocycles. The number of ether oxygens (including phenoxy) is 1. The number of hydrogen-bond donors (Lipinski definition) is 0. The highest BCUT2D eigenvalue weighted by atomic mass is 79.9. The number of hydrogen-bond acceptors (Lipinski definition) is 2. The van der Waals surface area contributed by atoms with Crippen LogP contribution in [0.15, 0.2) is 21.1 Å². The maximum absolute atomic E-state index is 13.2. The summed E-state index contributed by atoms with van der Waals surface area (Å²) in [5.74, 6) is -0.764. The predicted molar refractivity (Wildman–Crippen MR) is 62.1 cm³/mol. The van der Waals surface area contributed by atoms with Gasteiger partial charge in [0.2, 0.25) is 0 Å². The molecule has 0 saturated carbocycles. The average molecular weight is 340 g/mol. The highest BCUT2D eigenvalue weighted by Gasteiger charge is 2.11. The maximum Gasteiger partial charge on any atom is 0.310 e. The zero-order valence-corrected chi connectivity index (χ0v) is 11.2. The van der Waals surface area contributed by atoms with Gasteiger partial charge in [-0.2, -0.15) is 0 Å². The minimum Gasteiger partial charge on any atom is -0.466 e. The summed E-state index contributed by atoms with van der Waals surface area (Å²) in [5, 5.41) is 0. The Morgan fingerprint density at radius 3 is 2.73 bits per heavy atom. The van der Waals surface area contributed by atoms with Crippen LogP contribution in [0.4, 0.5) is 4.39 Å². The van der Waals surface area contributed by atoms with Gasteiger partial charge in [0.25, 0.3) is 0 Å². The van der Waals surface area contributed by atoms with E-state index in [1.807, 2.05) is 0 Å². The molecule has 15 heavy (non-hydrogen) atoms. The molecule has 0 unspecified atom stereocenters. The van der Waals surface area contributed by atoms with Gasteiger partial charge in [0.15, 0.2) is 0 Å². The van der Waals surface area contributed by atoms with Crippen molar-refractivity contribution in [3.63, 3.8) is 0 Å². The van der Waals surface area contributed by atoms with Crippen LogP contribution in [0.5, 0.6) is 0 Å². The van der Waals surface area contributed by atoms with E-state index in [0.29, 0.717) is 21.1 Å². The van der Waals surface area contributed by atoms with E-state index in [4.69, 9.17) is 4.74 Å². The monoisotopic (exact) mass is 338 g/mol. The lowest BCUT2D eigenvalue weighted by atomic mass is 10.1. The molecule has 0 aliphatic heterocycles. The Morgan fingerprint density at radius 2 is 2.13 bits per heavy atom. The SMILES string of the molecule is CCOC(=O)Cc1cc(Br)cc(F)c1Br. The van der Waals surface area contributed by atoms with Crippen LogP contribution in [0.2, 0.25) is 0 Å². The number of carbonyl (C=O) groups excluding carboxylic acids is 1. The van der Waals surface area contributed by atoms with E-state index in [1.54, 1.807) is 13.0 Å². The number of halogens is 3. The van der Waals surface area contributed by atoms with Crippen molar-refractivity contribution in [1.29, 1.82) is 0 Å². The van der Waals surface area contributed by atoms with Gasteiger partial charge >= 0.3 is 5.97 Å². The fourth-order valence-electron chi connectivity index (χ4n) is 1.11. The van der Waals surface area contributed by atoms with Crippen LogP contribution >= 0.6 is 31.9 Å². The Balaban J connectivity index is 2.89. The molecule has 2 nitrogen and oxygen atoms in total. The first-order valence-electron chi connectivity index (χ1n) is 4.33. The molecule has 0 fully saturated rings. The fraction of sp³-hybridized carbons (Fsp3) is 0.300. The number of benzene rings is 1. The van der Waals surface area contributed by atoms with Crippen LogP contribution in [0, 0.1) is 5.82 Å². The first-order chi connectivity index (χ1) is 7.04. The Kier molecular flexibility index (Phi) is 4.73. The van der Waals surface area contributed by atoms with Gasteiger partial charge in [-0.15, -0.1) is 0 Å². The van der Waals surface area contributed by atoms with Crippen molar-refractivity contribution in [3.8, 4) is 0 Å². The van der Waals surface area contributed by atoms with Gasteiger partial charge < -0.3 is 4.74 Å². The van der Waals surface area contributed by atoms with Crippen molar-refractivity contribution in [1.82, 2.24) is 0 Å². The van der Waals surface area contributed by atoms with Crippen molar-refractivity contribution in [2.45, 2.75) is 13.3 Å². The highest BCUT2D eigenvalue weighted by molar-refractivity contribution is 9.11. The lowest BCUT2D eigenvalue weighted by Crippen LogP contribution is -2.08.